The fourth-order valence-corrected chi connectivity index (χ4v) is 4.86. The van der Waals surface area contributed by atoms with Crippen LogP contribution in [0.3, 0.4) is 0 Å². The lowest BCUT2D eigenvalue weighted by atomic mass is 10.1. The molecule has 0 saturated heterocycles. The number of nitrogens with one attached hydrogen (secondary N) is 2. The molecule has 1 aliphatic rings. The highest BCUT2D eigenvalue weighted by molar-refractivity contribution is 7.19. The van der Waals surface area contributed by atoms with Gasteiger partial charge in [0, 0.05) is 22.5 Å². The van der Waals surface area contributed by atoms with E-state index >= 15 is 0 Å². The van der Waals surface area contributed by atoms with E-state index in [0.717, 1.165) is 43.9 Å². The van der Waals surface area contributed by atoms with E-state index in [0.29, 0.717) is 13.1 Å². The minimum Gasteiger partial charge on any atom is -0.444 e. The molecule has 0 aliphatic carbocycles. The maximum absolute atomic E-state index is 12.5. The molecule has 1 aromatic carbocycles. The average Bonchev–Trinajstić information content (AvgIpc) is 3.30. The molecule has 30 heavy (non-hydrogen) atoms. The number of hydrogen-bond acceptors (Lipinski definition) is 7. The Morgan fingerprint density at radius 1 is 1.30 bits per heavy atom. The Bertz CT molecular complexity index is 1260. The Hall–Kier alpha value is -3.20. The molecule has 154 valence electrons. The maximum atomic E-state index is 12.5. The standard InChI is InChI=1S/C21H22N6O2S/c1-21(2,3)29-20(28)27-7-6-14-16(10-27)30-19-17(14)18(22-11-23-19)25-13-4-5-15-12(8-13)9-24-26-15/h4-5,8-9,11H,6-7,10H2,1-3H3,(H,24,26)(H,22,23,25). The van der Waals surface area contributed by atoms with E-state index < -0.39 is 5.60 Å². The van der Waals surface area contributed by atoms with Crippen LogP contribution in [0.1, 0.15) is 31.2 Å². The van der Waals surface area contributed by atoms with Crippen LogP contribution in [0.2, 0.25) is 0 Å². The molecule has 9 heteroatoms. The third-order valence-electron chi connectivity index (χ3n) is 4.99. The monoisotopic (exact) mass is 422 g/mol. The molecule has 3 aromatic heterocycles. The zero-order valence-corrected chi connectivity index (χ0v) is 17.8. The van der Waals surface area contributed by atoms with Crippen LogP contribution < -0.4 is 5.32 Å². The molecule has 1 amide bonds. The smallest absolute Gasteiger partial charge is 0.410 e. The number of thiophene rings is 1. The van der Waals surface area contributed by atoms with Crippen molar-refractivity contribution in [2.75, 3.05) is 11.9 Å². The summed E-state index contributed by atoms with van der Waals surface area (Å²) in [5.41, 5.74) is 2.64. The van der Waals surface area contributed by atoms with Crippen molar-refractivity contribution in [3.8, 4) is 0 Å². The van der Waals surface area contributed by atoms with Crippen molar-refractivity contribution < 1.29 is 9.53 Å². The van der Waals surface area contributed by atoms with Gasteiger partial charge in [0.2, 0.25) is 0 Å². The number of carbonyl (C=O) groups excluding carboxylic acids is 1. The van der Waals surface area contributed by atoms with Crippen LogP contribution in [0.4, 0.5) is 16.3 Å². The second-order valence-corrected chi connectivity index (χ2v) is 9.44. The van der Waals surface area contributed by atoms with Crippen molar-refractivity contribution in [3.05, 3.63) is 41.2 Å². The highest BCUT2D eigenvalue weighted by Gasteiger charge is 2.29. The zero-order chi connectivity index (χ0) is 20.9. The van der Waals surface area contributed by atoms with Crippen molar-refractivity contribution in [2.45, 2.75) is 39.3 Å². The molecule has 0 saturated carbocycles. The van der Waals surface area contributed by atoms with Gasteiger partial charge in [-0.2, -0.15) is 5.10 Å². The van der Waals surface area contributed by atoms with Crippen LogP contribution in [-0.4, -0.2) is 43.3 Å². The van der Waals surface area contributed by atoms with Gasteiger partial charge in [0.15, 0.2) is 0 Å². The van der Waals surface area contributed by atoms with Crippen LogP contribution >= 0.6 is 11.3 Å². The number of rotatable bonds is 2. The number of aromatic amines is 1. The van der Waals surface area contributed by atoms with Crippen LogP contribution in [-0.2, 0) is 17.7 Å². The molecule has 4 aromatic rings. The van der Waals surface area contributed by atoms with Crippen LogP contribution in [0, 0.1) is 0 Å². The number of amides is 1. The third-order valence-corrected chi connectivity index (χ3v) is 6.12. The molecule has 5 rings (SSSR count). The minimum atomic E-state index is -0.504. The second-order valence-electron chi connectivity index (χ2n) is 8.36. The molecule has 0 bridgehead atoms. The third kappa shape index (κ3) is 3.45. The molecule has 0 unspecified atom stereocenters. The quantitative estimate of drug-likeness (QED) is 0.490. The Balaban J connectivity index is 1.46. The first-order valence-electron chi connectivity index (χ1n) is 9.81. The summed E-state index contributed by atoms with van der Waals surface area (Å²) in [6.45, 7) is 6.80. The predicted molar refractivity (Wildman–Crippen MR) is 117 cm³/mol. The van der Waals surface area contributed by atoms with Gasteiger partial charge in [-0.05, 0) is 51.0 Å². The summed E-state index contributed by atoms with van der Waals surface area (Å²) < 4.78 is 5.54. The highest BCUT2D eigenvalue weighted by Crippen LogP contribution is 2.38. The van der Waals surface area contributed by atoms with Crippen LogP contribution in [0.15, 0.2) is 30.7 Å². The summed E-state index contributed by atoms with van der Waals surface area (Å²) in [4.78, 5) is 25.3. The Morgan fingerprint density at radius 2 is 2.17 bits per heavy atom. The number of hydrogen-bond donors (Lipinski definition) is 2. The van der Waals surface area contributed by atoms with Gasteiger partial charge >= 0.3 is 6.09 Å². The summed E-state index contributed by atoms with van der Waals surface area (Å²) in [5.74, 6) is 0.783. The Labute approximate surface area is 177 Å². The molecule has 4 heterocycles. The summed E-state index contributed by atoms with van der Waals surface area (Å²) in [5, 5.41) is 12.5. The number of benzene rings is 1. The van der Waals surface area contributed by atoms with Gasteiger partial charge in [0.1, 0.15) is 22.6 Å². The van der Waals surface area contributed by atoms with Crippen molar-refractivity contribution in [2.24, 2.45) is 0 Å². The van der Waals surface area contributed by atoms with Crippen LogP contribution in [0.25, 0.3) is 21.1 Å². The lowest BCUT2D eigenvalue weighted by Gasteiger charge is -2.30. The lowest BCUT2D eigenvalue weighted by Crippen LogP contribution is -2.39. The number of ether oxygens (including phenoxy) is 1. The van der Waals surface area contributed by atoms with Gasteiger partial charge in [-0.25, -0.2) is 14.8 Å². The van der Waals surface area contributed by atoms with E-state index in [9.17, 15) is 4.79 Å². The lowest BCUT2D eigenvalue weighted by molar-refractivity contribution is 0.0227. The molecule has 8 nitrogen and oxygen atoms in total. The Morgan fingerprint density at radius 3 is 3.00 bits per heavy atom. The number of aromatic nitrogens is 4. The summed E-state index contributed by atoms with van der Waals surface area (Å²) >= 11 is 1.61. The SMILES string of the molecule is CC(C)(C)OC(=O)N1CCc2c(sc3ncnc(Nc4ccc5[nH]ncc5c4)c23)C1. The molecular formula is C21H22N6O2S. The average molecular weight is 423 g/mol. The van der Waals surface area contributed by atoms with Crippen molar-refractivity contribution in [1.82, 2.24) is 25.1 Å². The van der Waals surface area contributed by atoms with E-state index in [-0.39, 0.29) is 6.09 Å². The summed E-state index contributed by atoms with van der Waals surface area (Å²) in [7, 11) is 0. The van der Waals surface area contributed by atoms with E-state index in [1.54, 1.807) is 28.8 Å². The van der Waals surface area contributed by atoms with Gasteiger partial charge < -0.3 is 15.0 Å². The van der Waals surface area contributed by atoms with Gasteiger partial charge in [-0.1, -0.05) is 0 Å². The molecule has 1 aliphatic heterocycles. The topological polar surface area (TPSA) is 96.0 Å². The zero-order valence-electron chi connectivity index (χ0n) is 17.0. The Kier molecular flexibility index (Phi) is 4.35. The van der Waals surface area contributed by atoms with E-state index in [1.807, 2.05) is 39.0 Å². The number of nitrogens with zero attached hydrogens (tertiary/aromatic N) is 4. The number of carbonyl (C=O) groups is 1. The van der Waals surface area contributed by atoms with Gasteiger partial charge in [0.05, 0.1) is 23.6 Å². The highest BCUT2D eigenvalue weighted by atomic mass is 32.1. The minimum absolute atomic E-state index is 0.275. The maximum Gasteiger partial charge on any atom is 0.410 e. The first-order chi connectivity index (χ1) is 14.4. The van der Waals surface area contributed by atoms with E-state index in [2.05, 4.69) is 25.5 Å². The summed E-state index contributed by atoms with van der Waals surface area (Å²) in [6.07, 6.45) is 3.85. The molecular weight excluding hydrogens is 400 g/mol. The first kappa shape index (κ1) is 18.8. The summed E-state index contributed by atoms with van der Waals surface area (Å²) in [6, 6.07) is 6.03. The second kappa shape index (κ2) is 6.94. The number of anilines is 2. The van der Waals surface area contributed by atoms with Gasteiger partial charge in [-0.3, -0.25) is 5.10 Å². The van der Waals surface area contributed by atoms with Crippen molar-refractivity contribution in [3.63, 3.8) is 0 Å². The van der Waals surface area contributed by atoms with Crippen molar-refractivity contribution in [1.29, 1.82) is 0 Å². The fourth-order valence-electron chi connectivity index (χ4n) is 3.66. The predicted octanol–water partition coefficient (Wildman–Crippen LogP) is 4.60. The van der Waals surface area contributed by atoms with E-state index in [1.165, 1.54) is 5.56 Å². The molecule has 0 fully saturated rings. The number of H-pyrrole nitrogens is 1. The van der Waals surface area contributed by atoms with Gasteiger partial charge in [-0.15, -0.1) is 11.3 Å². The van der Waals surface area contributed by atoms with E-state index in [4.69, 9.17) is 4.74 Å². The molecule has 0 atom stereocenters. The normalized spacial score (nSPS) is 14.2. The van der Waals surface area contributed by atoms with Crippen molar-refractivity contribution >= 4 is 50.1 Å². The number of fused-ring (bicyclic) bond motifs is 4. The largest absolute Gasteiger partial charge is 0.444 e. The van der Waals surface area contributed by atoms with Gasteiger partial charge in [0.25, 0.3) is 0 Å². The first-order valence-corrected chi connectivity index (χ1v) is 10.6. The molecule has 0 radical (unpaired) electrons. The van der Waals surface area contributed by atoms with Crippen LogP contribution in [0.5, 0.6) is 0 Å². The molecule has 0 spiro atoms. The fraction of sp³-hybridized carbons (Fsp3) is 0.333. The molecule has 2 N–H and O–H groups in total.